The van der Waals surface area contributed by atoms with E-state index in [4.69, 9.17) is 0 Å². The van der Waals surface area contributed by atoms with Gasteiger partial charge in [0.1, 0.15) is 5.78 Å². The number of rotatable bonds is 8. The highest BCUT2D eigenvalue weighted by Crippen LogP contribution is 2.05. The molecule has 3 nitrogen and oxygen atoms in total. The van der Waals surface area contributed by atoms with E-state index in [1.165, 1.54) is 0 Å². The third-order valence-electron chi connectivity index (χ3n) is 2.30. The fraction of sp³-hybridized carbons (Fsp3) is 0.909. The van der Waals surface area contributed by atoms with Crippen molar-refractivity contribution in [2.24, 2.45) is 0 Å². The van der Waals surface area contributed by atoms with Gasteiger partial charge in [0.15, 0.2) is 0 Å². The number of Topliss-reactive ketones (excluding diaryl/α,β-unsaturated/α-hetero) is 1. The SMILES string of the molecule is CCC(O)CCCC(=O)CCN(C)C. The Morgan fingerprint density at radius 3 is 2.50 bits per heavy atom. The normalized spacial score (nSPS) is 13.2. The zero-order valence-corrected chi connectivity index (χ0v) is 9.62. The summed E-state index contributed by atoms with van der Waals surface area (Å²) >= 11 is 0. The van der Waals surface area contributed by atoms with E-state index in [-0.39, 0.29) is 6.10 Å². The van der Waals surface area contributed by atoms with Gasteiger partial charge in [-0.25, -0.2) is 0 Å². The van der Waals surface area contributed by atoms with Gasteiger partial charge in [0.2, 0.25) is 0 Å². The van der Waals surface area contributed by atoms with Crippen molar-refractivity contribution in [3.63, 3.8) is 0 Å². The molecule has 14 heavy (non-hydrogen) atoms. The van der Waals surface area contributed by atoms with Crippen LogP contribution in [-0.2, 0) is 4.79 Å². The molecule has 0 aromatic heterocycles. The Labute approximate surface area is 87.1 Å². The van der Waals surface area contributed by atoms with Gasteiger partial charge >= 0.3 is 0 Å². The monoisotopic (exact) mass is 201 g/mol. The van der Waals surface area contributed by atoms with Gasteiger partial charge in [0.25, 0.3) is 0 Å². The molecule has 0 fully saturated rings. The molecule has 0 amide bonds. The summed E-state index contributed by atoms with van der Waals surface area (Å²) in [6.07, 6.45) is 3.38. The van der Waals surface area contributed by atoms with Gasteiger partial charge in [0, 0.05) is 19.4 Å². The first-order chi connectivity index (χ1) is 6.56. The highest BCUT2D eigenvalue weighted by atomic mass is 16.3. The van der Waals surface area contributed by atoms with E-state index >= 15 is 0 Å². The Bertz CT molecular complexity index is 157. The zero-order chi connectivity index (χ0) is 11.0. The van der Waals surface area contributed by atoms with Crippen LogP contribution in [0.15, 0.2) is 0 Å². The molecule has 0 saturated carbocycles. The minimum Gasteiger partial charge on any atom is -0.393 e. The van der Waals surface area contributed by atoms with E-state index in [2.05, 4.69) is 0 Å². The second-order valence-electron chi connectivity index (χ2n) is 4.05. The van der Waals surface area contributed by atoms with Crippen molar-refractivity contribution in [3.8, 4) is 0 Å². The fourth-order valence-electron chi connectivity index (χ4n) is 1.21. The van der Waals surface area contributed by atoms with Gasteiger partial charge in [-0.1, -0.05) is 6.92 Å². The molecule has 0 aliphatic rings. The summed E-state index contributed by atoms with van der Waals surface area (Å²) in [5, 5.41) is 9.27. The van der Waals surface area contributed by atoms with Crippen LogP contribution in [0.4, 0.5) is 0 Å². The first-order valence-electron chi connectivity index (χ1n) is 5.40. The molecule has 0 bridgehead atoms. The second kappa shape index (κ2) is 7.94. The second-order valence-corrected chi connectivity index (χ2v) is 4.05. The Morgan fingerprint density at radius 2 is 2.00 bits per heavy atom. The molecule has 0 saturated heterocycles. The van der Waals surface area contributed by atoms with Gasteiger partial charge in [-0.2, -0.15) is 0 Å². The van der Waals surface area contributed by atoms with Crippen LogP contribution in [-0.4, -0.2) is 42.5 Å². The Hall–Kier alpha value is -0.410. The molecule has 1 atom stereocenters. The van der Waals surface area contributed by atoms with Crippen LogP contribution in [0.2, 0.25) is 0 Å². The quantitative estimate of drug-likeness (QED) is 0.646. The van der Waals surface area contributed by atoms with Gasteiger partial charge in [-0.15, -0.1) is 0 Å². The third kappa shape index (κ3) is 8.20. The lowest BCUT2D eigenvalue weighted by atomic mass is 10.1. The molecule has 1 unspecified atom stereocenters. The number of carbonyl (C=O) groups excluding carboxylic acids is 1. The average Bonchev–Trinajstić information content (AvgIpc) is 2.14. The number of carbonyl (C=O) groups is 1. The average molecular weight is 201 g/mol. The summed E-state index contributed by atoms with van der Waals surface area (Å²) in [5.74, 6) is 0.307. The molecule has 1 N–H and O–H groups in total. The molecular formula is C11H23NO2. The fourth-order valence-corrected chi connectivity index (χ4v) is 1.21. The summed E-state index contributed by atoms with van der Waals surface area (Å²) < 4.78 is 0. The predicted octanol–water partition coefficient (Wildman–Crippen LogP) is 1.45. The lowest BCUT2D eigenvalue weighted by molar-refractivity contribution is -0.119. The molecule has 0 heterocycles. The zero-order valence-electron chi connectivity index (χ0n) is 9.62. The maximum Gasteiger partial charge on any atom is 0.134 e. The minimum absolute atomic E-state index is 0.225. The lowest BCUT2D eigenvalue weighted by Gasteiger charge is -2.09. The molecule has 0 radical (unpaired) electrons. The van der Waals surface area contributed by atoms with E-state index in [1.807, 2.05) is 25.9 Å². The van der Waals surface area contributed by atoms with Crippen LogP contribution in [0.1, 0.15) is 39.0 Å². The third-order valence-corrected chi connectivity index (χ3v) is 2.30. The summed E-state index contributed by atoms with van der Waals surface area (Å²) in [5.41, 5.74) is 0. The van der Waals surface area contributed by atoms with Crippen LogP contribution in [0.5, 0.6) is 0 Å². The van der Waals surface area contributed by atoms with E-state index in [9.17, 15) is 9.90 Å². The lowest BCUT2D eigenvalue weighted by Crippen LogP contribution is -2.16. The number of aliphatic hydroxyl groups is 1. The van der Waals surface area contributed by atoms with Crippen LogP contribution in [0.3, 0.4) is 0 Å². The number of ketones is 1. The Morgan fingerprint density at radius 1 is 1.36 bits per heavy atom. The number of nitrogens with zero attached hydrogens (tertiary/aromatic N) is 1. The first kappa shape index (κ1) is 13.6. The van der Waals surface area contributed by atoms with Gasteiger partial charge in [-0.3, -0.25) is 4.79 Å². The van der Waals surface area contributed by atoms with Crippen molar-refractivity contribution >= 4 is 5.78 Å². The molecular weight excluding hydrogens is 178 g/mol. The van der Waals surface area contributed by atoms with Crippen LogP contribution < -0.4 is 0 Å². The van der Waals surface area contributed by atoms with E-state index < -0.39 is 0 Å². The molecule has 0 aromatic carbocycles. The molecule has 0 spiro atoms. The van der Waals surface area contributed by atoms with Crippen LogP contribution in [0.25, 0.3) is 0 Å². The number of aliphatic hydroxyl groups excluding tert-OH is 1. The van der Waals surface area contributed by atoms with Crippen molar-refractivity contribution in [3.05, 3.63) is 0 Å². The van der Waals surface area contributed by atoms with Crippen molar-refractivity contribution < 1.29 is 9.90 Å². The topological polar surface area (TPSA) is 40.5 Å². The molecule has 0 aliphatic heterocycles. The predicted molar refractivity (Wildman–Crippen MR) is 58.3 cm³/mol. The molecule has 84 valence electrons. The van der Waals surface area contributed by atoms with Crippen molar-refractivity contribution in [2.75, 3.05) is 20.6 Å². The van der Waals surface area contributed by atoms with Crippen molar-refractivity contribution in [1.29, 1.82) is 0 Å². The summed E-state index contributed by atoms with van der Waals surface area (Å²) in [4.78, 5) is 13.3. The van der Waals surface area contributed by atoms with E-state index in [0.717, 1.165) is 25.8 Å². The van der Waals surface area contributed by atoms with Crippen molar-refractivity contribution in [1.82, 2.24) is 4.90 Å². The smallest absolute Gasteiger partial charge is 0.134 e. The standard InChI is InChI=1S/C11H23NO2/c1-4-10(13)6-5-7-11(14)8-9-12(2)3/h10,13H,4-9H2,1-3H3. The Kier molecular flexibility index (Phi) is 7.71. The Balaban J connectivity index is 3.35. The molecule has 3 heteroatoms. The van der Waals surface area contributed by atoms with E-state index in [1.54, 1.807) is 0 Å². The summed E-state index contributed by atoms with van der Waals surface area (Å²) in [7, 11) is 3.93. The molecule has 0 aromatic rings. The minimum atomic E-state index is -0.225. The van der Waals surface area contributed by atoms with Gasteiger partial charge in [0.05, 0.1) is 6.10 Å². The summed E-state index contributed by atoms with van der Waals surface area (Å²) in [6.45, 7) is 2.79. The van der Waals surface area contributed by atoms with Crippen LogP contribution in [0, 0.1) is 0 Å². The molecule has 0 aliphatic carbocycles. The highest BCUT2D eigenvalue weighted by molar-refractivity contribution is 5.78. The largest absolute Gasteiger partial charge is 0.393 e. The van der Waals surface area contributed by atoms with Gasteiger partial charge < -0.3 is 10.0 Å². The van der Waals surface area contributed by atoms with Gasteiger partial charge in [-0.05, 0) is 33.4 Å². The van der Waals surface area contributed by atoms with Crippen LogP contribution >= 0.6 is 0 Å². The first-order valence-corrected chi connectivity index (χ1v) is 5.40. The maximum atomic E-state index is 11.3. The highest BCUT2D eigenvalue weighted by Gasteiger charge is 2.05. The molecule has 0 rings (SSSR count). The van der Waals surface area contributed by atoms with Crippen molar-refractivity contribution in [2.45, 2.75) is 45.1 Å². The number of hydrogen-bond acceptors (Lipinski definition) is 3. The van der Waals surface area contributed by atoms with E-state index in [0.29, 0.717) is 18.6 Å². The maximum absolute atomic E-state index is 11.3. The number of hydrogen-bond donors (Lipinski definition) is 1. The summed E-state index contributed by atoms with van der Waals surface area (Å²) in [6, 6.07) is 0.